The lowest BCUT2D eigenvalue weighted by atomic mass is 9.84. The molecule has 2 saturated carbocycles. The summed E-state index contributed by atoms with van der Waals surface area (Å²) in [5.74, 6) is 1.50. The van der Waals surface area contributed by atoms with Crippen LogP contribution in [-0.4, -0.2) is 56.4 Å². The van der Waals surface area contributed by atoms with Gasteiger partial charge < -0.3 is 9.80 Å². The van der Waals surface area contributed by atoms with Crippen LogP contribution in [0.5, 0.6) is 0 Å². The molecule has 1 aromatic carbocycles. The Kier molecular flexibility index (Phi) is 5.78. The largest absolute Gasteiger partial charge is 0.368 e. The number of carbonyl (C=O) groups is 3. The number of benzene rings is 1. The summed E-state index contributed by atoms with van der Waals surface area (Å²) in [6.07, 6.45) is 10.3. The Balaban J connectivity index is 1.24. The van der Waals surface area contributed by atoms with Gasteiger partial charge in [-0.15, -0.1) is 0 Å². The van der Waals surface area contributed by atoms with Gasteiger partial charge in [0.05, 0.1) is 0 Å². The van der Waals surface area contributed by atoms with E-state index < -0.39 is 6.04 Å². The Morgan fingerprint density at radius 1 is 1.03 bits per heavy atom. The van der Waals surface area contributed by atoms with Gasteiger partial charge in [-0.3, -0.25) is 24.8 Å². The van der Waals surface area contributed by atoms with E-state index in [9.17, 15) is 14.4 Å². The molecule has 1 unspecified atom stereocenters. The zero-order chi connectivity index (χ0) is 23.9. The van der Waals surface area contributed by atoms with Crippen LogP contribution in [0.3, 0.4) is 0 Å². The van der Waals surface area contributed by atoms with Crippen molar-refractivity contribution in [3.63, 3.8) is 0 Å². The van der Waals surface area contributed by atoms with E-state index >= 15 is 0 Å². The molecule has 0 spiro atoms. The molecule has 35 heavy (non-hydrogen) atoms. The minimum atomic E-state index is -0.585. The number of rotatable bonds is 7. The molecule has 2 aliphatic heterocycles. The van der Waals surface area contributed by atoms with Crippen molar-refractivity contribution in [1.29, 1.82) is 0 Å². The molecule has 1 saturated heterocycles. The molecule has 1 aromatic heterocycles. The van der Waals surface area contributed by atoms with Crippen molar-refractivity contribution in [3.05, 3.63) is 41.5 Å². The maximum absolute atomic E-state index is 13.4. The average Bonchev–Trinajstić information content (AvgIpc) is 3.40. The number of imide groups is 1. The van der Waals surface area contributed by atoms with Gasteiger partial charge >= 0.3 is 0 Å². The highest BCUT2D eigenvalue weighted by Gasteiger charge is 2.41. The number of piperidine rings is 1. The first-order valence-electron chi connectivity index (χ1n) is 13.0. The number of H-pyrrole nitrogens is 1. The molecule has 3 amide bonds. The lowest BCUT2D eigenvalue weighted by Crippen LogP contribution is -2.52. The fourth-order valence-electron chi connectivity index (χ4n) is 6.14. The van der Waals surface area contributed by atoms with Crippen LogP contribution < -0.4 is 10.2 Å². The lowest BCUT2D eigenvalue weighted by Gasteiger charge is -2.39. The van der Waals surface area contributed by atoms with Gasteiger partial charge in [0.1, 0.15) is 18.2 Å². The third kappa shape index (κ3) is 4.32. The predicted octanol–water partition coefficient (Wildman–Crippen LogP) is 2.90. The van der Waals surface area contributed by atoms with Crippen molar-refractivity contribution < 1.29 is 14.4 Å². The van der Waals surface area contributed by atoms with E-state index in [4.69, 9.17) is 0 Å². The first kappa shape index (κ1) is 22.2. The Morgan fingerprint density at radius 3 is 2.57 bits per heavy atom. The SMILES string of the molecule is O=C1CCC(N2Cc3c(cccc3N(CCC3CC3)C3CCC(c4ncn[nH]4)CC3)C2=O)C(=O)N1. The van der Waals surface area contributed by atoms with E-state index in [2.05, 4.69) is 31.5 Å². The standard InChI is InChI=1S/C26H32N6O3/c33-23-11-10-22(25(34)29-23)32-14-20-19(26(32)35)2-1-3-21(20)31(13-12-16-4-5-16)18-8-6-17(7-9-18)24-27-15-28-30-24/h1-3,15-18,22H,4-14H2,(H,27,28,30)(H,29,33,34). The van der Waals surface area contributed by atoms with Gasteiger partial charge in [-0.1, -0.05) is 18.9 Å². The molecule has 0 bridgehead atoms. The van der Waals surface area contributed by atoms with E-state index in [0.717, 1.165) is 55.2 Å². The highest BCUT2D eigenvalue weighted by atomic mass is 16.2. The van der Waals surface area contributed by atoms with E-state index in [0.29, 0.717) is 30.5 Å². The summed E-state index contributed by atoms with van der Waals surface area (Å²) < 4.78 is 0. The first-order chi connectivity index (χ1) is 17.1. The van der Waals surface area contributed by atoms with E-state index in [1.165, 1.54) is 19.3 Å². The molecule has 3 fully saturated rings. The van der Waals surface area contributed by atoms with E-state index in [-0.39, 0.29) is 24.1 Å². The van der Waals surface area contributed by atoms with Crippen LogP contribution in [0.25, 0.3) is 0 Å². The number of anilines is 1. The number of aromatic nitrogens is 3. The Morgan fingerprint density at radius 2 is 1.86 bits per heavy atom. The average molecular weight is 477 g/mol. The number of aromatic amines is 1. The van der Waals surface area contributed by atoms with Crippen LogP contribution in [0.15, 0.2) is 24.5 Å². The summed E-state index contributed by atoms with van der Waals surface area (Å²) in [7, 11) is 0. The van der Waals surface area contributed by atoms with Gasteiger partial charge in [0.2, 0.25) is 11.8 Å². The zero-order valence-corrected chi connectivity index (χ0v) is 19.9. The number of amides is 3. The topological polar surface area (TPSA) is 111 Å². The molecule has 9 heteroatoms. The number of carbonyl (C=O) groups excluding carboxylic acids is 3. The van der Waals surface area contributed by atoms with Gasteiger partial charge in [0.25, 0.3) is 5.91 Å². The number of nitrogens with one attached hydrogen (secondary N) is 2. The van der Waals surface area contributed by atoms with Crippen LogP contribution in [0.4, 0.5) is 5.69 Å². The second-order valence-corrected chi connectivity index (χ2v) is 10.5. The molecule has 3 heterocycles. The fourth-order valence-corrected chi connectivity index (χ4v) is 6.14. The number of hydrogen-bond donors (Lipinski definition) is 2. The van der Waals surface area contributed by atoms with Crippen LogP contribution in [0, 0.1) is 5.92 Å². The number of nitrogens with zero attached hydrogens (tertiary/aromatic N) is 4. The van der Waals surface area contributed by atoms with Gasteiger partial charge in [0, 0.05) is 48.3 Å². The maximum atomic E-state index is 13.4. The monoisotopic (exact) mass is 476 g/mol. The quantitative estimate of drug-likeness (QED) is 0.595. The van der Waals surface area contributed by atoms with Crippen LogP contribution in [-0.2, 0) is 16.1 Å². The molecule has 2 aliphatic carbocycles. The van der Waals surface area contributed by atoms with Crippen molar-refractivity contribution in [2.24, 2.45) is 5.92 Å². The van der Waals surface area contributed by atoms with Gasteiger partial charge in [-0.05, 0) is 56.6 Å². The third-order valence-corrected chi connectivity index (χ3v) is 8.30. The highest BCUT2D eigenvalue weighted by Crippen LogP contribution is 2.41. The Bertz CT molecular complexity index is 1120. The van der Waals surface area contributed by atoms with E-state index in [1.54, 1.807) is 11.2 Å². The van der Waals surface area contributed by atoms with Crippen molar-refractivity contribution in [3.8, 4) is 0 Å². The van der Waals surface area contributed by atoms with Crippen molar-refractivity contribution >= 4 is 23.4 Å². The normalized spacial score (nSPS) is 26.6. The molecular weight excluding hydrogens is 444 g/mol. The zero-order valence-electron chi connectivity index (χ0n) is 19.9. The molecule has 9 nitrogen and oxygen atoms in total. The maximum Gasteiger partial charge on any atom is 0.255 e. The summed E-state index contributed by atoms with van der Waals surface area (Å²) >= 11 is 0. The summed E-state index contributed by atoms with van der Waals surface area (Å²) in [5.41, 5.74) is 2.85. The van der Waals surface area contributed by atoms with Crippen molar-refractivity contribution in [2.45, 2.75) is 82.3 Å². The van der Waals surface area contributed by atoms with E-state index in [1.807, 2.05) is 12.1 Å². The third-order valence-electron chi connectivity index (χ3n) is 8.30. The molecule has 6 rings (SSSR count). The number of hydrogen-bond acceptors (Lipinski definition) is 6. The Labute approximate surface area is 204 Å². The molecular formula is C26H32N6O3. The molecule has 2 N–H and O–H groups in total. The van der Waals surface area contributed by atoms with Crippen LogP contribution >= 0.6 is 0 Å². The van der Waals surface area contributed by atoms with Crippen LogP contribution in [0.1, 0.15) is 85.5 Å². The minimum absolute atomic E-state index is 0.104. The minimum Gasteiger partial charge on any atom is -0.368 e. The summed E-state index contributed by atoms with van der Waals surface area (Å²) in [5, 5.41) is 9.47. The highest BCUT2D eigenvalue weighted by molar-refractivity contribution is 6.06. The second-order valence-electron chi connectivity index (χ2n) is 10.5. The second kappa shape index (κ2) is 9.09. The predicted molar refractivity (Wildman–Crippen MR) is 129 cm³/mol. The van der Waals surface area contributed by atoms with Crippen molar-refractivity contribution in [1.82, 2.24) is 25.4 Å². The summed E-state index contributed by atoms with van der Waals surface area (Å²) in [6.45, 7) is 1.41. The summed E-state index contributed by atoms with van der Waals surface area (Å²) in [4.78, 5) is 46.1. The fraction of sp³-hybridized carbons (Fsp3) is 0.577. The van der Waals surface area contributed by atoms with Gasteiger partial charge in [0.15, 0.2) is 0 Å². The molecule has 1 atom stereocenters. The van der Waals surface area contributed by atoms with Gasteiger partial charge in [-0.25, -0.2) is 4.98 Å². The molecule has 4 aliphatic rings. The lowest BCUT2D eigenvalue weighted by molar-refractivity contribution is -0.136. The molecule has 0 radical (unpaired) electrons. The smallest absolute Gasteiger partial charge is 0.255 e. The molecule has 184 valence electrons. The first-order valence-corrected chi connectivity index (χ1v) is 13.0. The number of fused-ring (bicyclic) bond motifs is 1. The van der Waals surface area contributed by atoms with Crippen LogP contribution in [0.2, 0.25) is 0 Å². The Hall–Kier alpha value is -3.23. The summed E-state index contributed by atoms with van der Waals surface area (Å²) in [6, 6.07) is 5.84. The van der Waals surface area contributed by atoms with Crippen molar-refractivity contribution in [2.75, 3.05) is 11.4 Å². The molecule has 2 aromatic rings. The van der Waals surface area contributed by atoms with Gasteiger partial charge in [-0.2, -0.15) is 5.10 Å².